The van der Waals surface area contributed by atoms with Gasteiger partial charge in [-0.3, -0.25) is 9.78 Å². The summed E-state index contributed by atoms with van der Waals surface area (Å²) in [4.78, 5) is 31.8. The van der Waals surface area contributed by atoms with Crippen molar-refractivity contribution >= 4 is 23.2 Å². The fourth-order valence-corrected chi connectivity index (χ4v) is 2.78. The average Bonchev–Trinajstić information content (AvgIpc) is 2.70. The number of halogens is 2. The van der Waals surface area contributed by atoms with Crippen molar-refractivity contribution < 1.29 is 23.0 Å². The van der Waals surface area contributed by atoms with Gasteiger partial charge >= 0.3 is 5.92 Å². The second-order valence-electron chi connectivity index (χ2n) is 7.10. The first kappa shape index (κ1) is 21.4. The number of carbonyl (C=O) groups is 1. The first-order chi connectivity index (χ1) is 15.3. The minimum Gasteiger partial charge on any atom is -0.468 e. The van der Waals surface area contributed by atoms with Gasteiger partial charge in [0, 0.05) is 37.9 Å². The summed E-state index contributed by atoms with van der Waals surface area (Å²) in [5.41, 5.74) is 1.32. The number of pyridine rings is 1. The van der Waals surface area contributed by atoms with Crippen molar-refractivity contribution in [1.82, 2.24) is 24.9 Å². The van der Waals surface area contributed by atoms with Crippen LogP contribution in [0.25, 0.3) is 11.3 Å². The first-order valence-corrected chi connectivity index (χ1v) is 9.61. The molecule has 0 unspecified atom stereocenters. The van der Waals surface area contributed by atoms with Crippen LogP contribution in [0.5, 0.6) is 5.88 Å². The van der Waals surface area contributed by atoms with E-state index in [9.17, 15) is 13.6 Å². The maximum atomic E-state index is 13.7. The number of rotatable bonds is 7. The molecule has 0 spiro atoms. The molecule has 1 fully saturated rings. The van der Waals surface area contributed by atoms with Crippen molar-refractivity contribution in [3.05, 3.63) is 42.7 Å². The number of hydrogen-bond acceptors (Lipinski definition) is 9. The molecule has 3 aromatic heterocycles. The average molecular weight is 443 g/mol. The highest BCUT2D eigenvalue weighted by Gasteiger charge is 2.28. The largest absolute Gasteiger partial charge is 0.468 e. The van der Waals surface area contributed by atoms with E-state index in [1.165, 1.54) is 43.8 Å². The molecule has 2 N–H and O–H groups in total. The lowest BCUT2D eigenvalue weighted by atomic mass is 10.1. The molecule has 10 nitrogen and oxygen atoms in total. The van der Waals surface area contributed by atoms with Crippen LogP contribution in [0.2, 0.25) is 0 Å². The number of nitrogens with zero attached hydrogens (tertiary/aromatic N) is 5. The molecule has 32 heavy (non-hydrogen) atoms. The third-order valence-corrected chi connectivity index (χ3v) is 4.30. The summed E-state index contributed by atoms with van der Waals surface area (Å²) in [6.45, 7) is 3.01. The van der Waals surface area contributed by atoms with Crippen molar-refractivity contribution in [3.63, 3.8) is 0 Å². The fourth-order valence-electron chi connectivity index (χ4n) is 2.78. The van der Waals surface area contributed by atoms with Crippen LogP contribution in [0.4, 0.5) is 26.1 Å². The molecular weight excluding hydrogens is 424 g/mol. The van der Waals surface area contributed by atoms with Crippen molar-refractivity contribution in [2.24, 2.45) is 0 Å². The maximum Gasteiger partial charge on any atom is 0.303 e. The minimum absolute atomic E-state index is 0.0902. The summed E-state index contributed by atoms with van der Waals surface area (Å²) in [5, 5.41) is 5.56. The van der Waals surface area contributed by atoms with Crippen LogP contribution in [0.15, 0.2) is 36.9 Å². The van der Waals surface area contributed by atoms with Crippen molar-refractivity contribution in [2.45, 2.75) is 25.9 Å². The second kappa shape index (κ2) is 8.75. The summed E-state index contributed by atoms with van der Waals surface area (Å²) < 4.78 is 38.1. The summed E-state index contributed by atoms with van der Waals surface area (Å²) in [6.07, 6.45) is 5.61. The lowest BCUT2D eigenvalue weighted by Gasteiger charge is -2.26. The van der Waals surface area contributed by atoms with Gasteiger partial charge < -0.3 is 20.1 Å². The van der Waals surface area contributed by atoms with Gasteiger partial charge in [-0.1, -0.05) is 0 Å². The lowest BCUT2D eigenvalue weighted by molar-refractivity contribution is -0.114. The van der Waals surface area contributed by atoms with E-state index in [0.717, 1.165) is 0 Å². The Morgan fingerprint density at radius 3 is 2.69 bits per heavy atom. The summed E-state index contributed by atoms with van der Waals surface area (Å²) in [6, 6.07) is 2.98. The SMILES string of the molecule is CC(=O)Nc1cc(Nc2ccnc(C(C)(F)F)n2)c(-c2cncc(OC3COC3)n2)cn1. The van der Waals surface area contributed by atoms with Crippen LogP contribution in [-0.2, 0) is 15.5 Å². The molecule has 1 amide bonds. The topological polar surface area (TPSA) is 124 Å². The highest BCUT2D eigenvalue weighted by atomic mass is 19.3. The molecule has 0 atom stereocenters. The summed E-state index contributed by atoms with van der Waals surface area (Å²) in [5.74, 6) is -3.46. The number of carbonyl (C=O) groups excluding carboxylic acids is 1. The number of alkyl halides is 2. The molecule has 1 aliphatic heterocycles. The molecule has 0 bridgehead atoms. The van der Waals surface area contributed by atoms with Gasteiger partial charge in [0.2, 0.25) is 17.6 Å². The third kappa shape index (κ3) is 5.09. The maximum absolute atomic E-state index is 13.7. The Kier molecular flexibility index (Phi) is 5.86. The zero-order valence-electron chi connectivity index (χ0n) is 17.2. The van der Waals surface area contributed by atoms with E-state index in [1.807, 2.05) is 0 Å². The van der Waals surface area contributed by atoms with Crippen LogP contribution in [0.3, 0.4) is 0 Å². The van der Waals surface area contributed by atoms with E-state index in [1.54, 1.807) is 0 Å². The quantitative estimate of drug-likeness (QED) is 0.567. The molecule has 1 aliphatic rings. The smallest absolute Gasteiger partial charge is 0.303 e. The predicted molar refractivity (Wildman–Crippen MR) is 110 cm³/mol. The first-order valence-electron chi connectivity index (χ1n) is 9.61. The number of anilines is 3. The zero-order chi connectivity index (χ0) is 22.7. The van der Waals surface area contributed by atoms with E-state index in [2.05, 4.69) is 35.6 Å². The molecule has 0 saturated carbocycles. The Balaban J connectivity index is 1.70. The molecule has 1 saturated heterocycles. The molecule has 4 rings (SSSR count). The van der Waals surface area contributed by atoms with Gasteiger partial charge in [0.25, 0.3) is 0 Å². The normalized spacial score (nSPS) is 13.9. The van der Waals surface area contributed by atoms with Crippen molar-refractivity contribution in [1.29, 1.82) is 0 Å². The Labute approximate surface area is 181 Å². The minimum atomic E-state index is -3.21. The van der Waals surface area contributed by atoms with Crippen LogP contribution in [0.1, 0.15) is 19.7 Å². The van der Waals surface area contributed by atoms with Crippen molar-refractivity contribution in [3.8, 4) is 17.1 Å². The molecule has 3 aromatic rings. The molecule has 166 valence electrons. The Bertz CT molecular complexity index is 1140. The van der Waals surface area contributed by atoms with E-state index in [-0.39, 0.29) is 23.6 Å². The van der Waals surface area contributed by atoms with E-state index in [4.69, 9.17) is 9.47 Å². The Morgan fingerprint density at radius 1 is 1.19 bits per heavy atom. The van der Waals surface area contributed by atoms with Gasteiger partial charge in [-0.05, 0) is 6.07 Å². The molecule has 0 aromatic carbocycles. The Hall–Kier alpha value is -3.80. The standard InChI is InChI=1S/C20H19F2N7O3/c1-11(30)26-17-5-14(27-16-3-4-24-19(29-16)20(2,21)22)13(6-25-17)15-7-23-8-18(28-15)32-12-9-31-10-12/h3-8,12H,9-10H2,1-2H3,(H2,24,25,26,27,29,30). The highest BCUT2D eigenvalue weighted by molar-refractivity contribution is 5.89. The van der Waals surface area contributed by atoms with E-state index >= 15 is 0 Å². The predicted octanol–water partition coefficient (Wildman–Crippen LogP) is 2.92. The summed E-state index contributed by atoms with van der Waals surface area (Å²) in [7, 11) is 0. The number of hydrogen-bond donors (Lipinski definition) is 2. The second-order valence-corrected chi connectivity index (χ2v) is 7.10. The van der Waals surface area contributed by atoms with Gasteiger partial charge in [0.1, 0.15) is 17.7 Å². The number of aromatic nitrogens is 5. The third-order valence-electron chi connectivity index (χ3n) is 4.30. The van der Waals surface area contributed by atoms with Crippen LogP contribution >= 0.6 is 0 Å². The van der Waals surface area contributed by atoms with Crippen molar-refractivity contribution in [2.75, 3.05) is 23.8 Å². The molecule has 0 aliphatic carbocycles. The van der Waals surface area contributed by atoms with E-state index < -0.39 is 11.7 Å². The van der Waals surface area contributed by atoms with Crippen LogP contribution in [-0.4, -0.2) is 50.1 Å². The highest BCUT2D eigenvalue weighted by Crippen LogP contribution is 2.32. The van der Waals surface area contributed by atoms with Gasteiger partial charge in [-0.25, -0.2) is 19.9 Å². The number of nitrogens with one attached hydrogen (secondary N) is 2. The molecular formula is C20H19F2N7O3. The molecule has 12 heteroatoms. The zero-order valence-corrected chi connectivity index (χ0v) is 17.2. The van der Waals surface area contributed by atoms with E-state index in [0.29, 0.717) is 43.0 Å². The fraction of sp³-hybridized carbons (Fsp3) is 0.300. The number of ether oxygens (including phenoxy) is 2. The lowest BCUT2D eigenvalue weighted by Crippen LogP contribution is -2.38. The van der Waals surface area contributed by atoms with Crippen LogP contribution < -0.4 is 15.4 Å². The van der Waals surface area contributed by atoms with Crippen LogP contribution in [0, 0.1) is 0 Å². The molecule has 0 radical (unpaired) electrons. The summed E-state index contributed by atoms with van der Waals surface area (Å²) >= 11 is 0. The van der Waals surface area contributed by atoms with Gasteiger partial charge in [-0.15, -0.1) is 0 Å². The molecule has 4 heterocycles. The van der Waals surface area contributed by atoms with Gasteiger partial charge in [0.05, 0.1) is 37.0 Å². The monoisotopic (exact) mass is 443 g/mol. The van der Waals surface area contributed by atoms with Gasteiger partial charge in [0.15, 0.2) is 0 Å². The Morgan fingerprint density at radius 2 is 2.00 bits per heavy atom. The van der Waals surface area contributed by atoms with Gasteiger partial charge in [-0.2, -0.15) is 8.78 Å². The number of amides is 1.